The summed E-state index contributed by atoms with van der Waals surface area (Å²) in [6, 6.07) is 50.3. The lowest BCUT2D eigenvalue weighted by molar-refractivity contribution is -0.141. The van der Waals surface area contributed by atoms with Crippen LogP contribution in [0.4, 0.5) is 34.1 Å². The van der Waals surface area contributed by atoms with Crippen LogP contribution in [0.15, 0.2) is 146 Å². The molecule has 0 N–H and O–H groups in total. The molecule has 0 saturated heterocycles. The lowest BCUT2D eigenvalue weighted by atomic mass is 10.0. The van der Waals surface area contributed by atoms with E-state index in [0.29, 0.717) is 51.4 Å². The van der Waals surface area contributed by atoms with Crippen molar-refractivity contribution in [1.82, 2.24) is 0 Å². The molecule has 0 aliphatic heterocycles. The molecule has 10 heteroatoms. The van der Waals surface area contributed by atoms with Gasteiger partial charge < -0.3 is 28.7 Å². The molecule has 0 heterocycles. The Labute approximate surface area is 376 Å². The van der Waals surface area contributed by atoms with Crippen LogP contribution >= 0.6 is 0 Å². The molecule has 0 amide bonds. The number of ether oxygens (including phenoxy) is 4. The van der Waals surface area contributed by atoms with Crippen molar-refractivity contribution in [3.05, 3.63) is 179 Å². The summed E-state index contributed by atoms with van der Waals surface area (Å²) in [4.78, 5) is 51.5. The normalized spacial score (nSPS) is 10.8. The largest absolute Gasteiger partial charge is 0.469 e. The Hall–Kier alpha value is -7.20. The zero-order valence-electron chi connectivity index (χ0n) is 37.1. The van der Waals surface area contributed by atoms with E-state index < -0.39 is 0 Å². The predicted molar refractivity (Wildman–Crippen MR) is 251 cm³/mol. The molecule has 0 unspecified atom stereocenters. The molecule has 6 aromatic carbocycles. The minimum Gasteiger partial charge on any atom is -0.469 e. The number of hydrogen-bond acceptors (Lipinski definition) is 10. The fourth-order valence-corrected chi connectivity index (χ4v) is 7.45. The first-order chi connectivity index (χ1) is 31.2. The highest BCUT2D eigenvalue weighted by atomic mass is 16.5. The highest BCUT2D eigenvalue weighted by molar-refractivity contribution is 5.79. The average molecular weight is 861 g/mol. The Bertz CT molecular complexity index is 2130. The molecule has 10 nitrogen and oxygen atoms in total. The van der Waals surface area contributed by atoms with Crippen molar-refractivity contribution in [3.63, 3.8) is 0 Å². The maximum Gasteiger partial charge on any atom is 0.305 e. The minimum atomic E-state index is -0.233. The SMILES string of the molecule is COC(=O)CCc1ccc(N(c2ccc(CCC(=O)OC)cc2)c2ccc(CCc3ccc(N(c4ccc(CCC(=O)OC)cc4)c4ccc(CCC(=O)OC)cc4)cc3)cc2)cc1. The van der Waals surface area contributed by atoms with Crippen molar-refractivity contribution in [2.75, 3.05) is 38.2 Å². The van der Waals surface area contributed by atoms with Gasteiger partial charge in [0.15, 0.2) is 0 Å². The molecule has 330 valence electrons. The van der Waals surface area contributed by atoms with Gasteiger partial charge in [-0.1, -0.05) is 72.8 Å². The van der Waals surface area contributed by atoms with Crippen LogP contribution in [0.5, 0.6) is 0 Å². The molecule has 0 fully saturated rings. The van der Waals surface area contributed by atoms with Crippen molar-refractivity contribution in [3.8, 4) is 0 Å². The molecule has 6 aromatic rings. The van der Waals surface area contributed by atoms with E-state index in [1.54, 1.807) is 0 Å². The Morgan fingerprint density at radius 1 is 0.281 bits per heavy atom. The van der Waals surface area contributed by atoms with Gasteiger partial charge in [0, 0.05) is 59.8 Å². The number of aryl methyl sites for hydroxylation is 6. The van der Waals surface area contributed by atoms with Gasteiger partial charge in [0.2, 0.25) is 0 Å². The van der Waals surface area contributed by atoms with Crippen LogP contribution in [0.25, 0.3) is 0 Å². The van der Waals surface area contributed by atoms with Gasteiger partial charge >= 0.3 is 23.9 Å². The van der Waals surface area contributed by atoms with Crippen molar-refractivity contribution >= 4 is 58.0 Å². The monoisotopic (exact) mass is 860 g/mol. The molecule has 0 aromatic heterocycles. The number of carbonyl (C=O) groups is 4. The van der Waals surface area contributed by atoms with Crippen LogP contribution in [0.3, 0.4) is 0 Å². The Morgan fingerprint density at radius 2 is 0.438 bits per heavy atom. The number of methoxy groups -OCH3 is 4. The summed E-state index contributed by atoms with van der Waals surface area (Å²) in [5.41, 5.74) is 12.6. The highest BCUT2D eigenvalue weighted by Crippen LogP contribution is 2.37. The third-order valence-corrected chi connectivity index (χ3v) is 11.3. The molecule has 0 atom stereocenters. The summed E-state index contributed by atoms with van der Waals surface area (Å²) < 4.78 is 19.3. The zero-order valence-corrected chi connectivity index (χ0v) is 37.1. The van der Waals surface area contributed by atoms with E-state index in [9.17, 15) is 19.2 Å². The second kappa shape index (κ2) is 23.3. The van der Waals surface area contributed by atoms with E-state index in [4.69, 9.17) is 18.9 Å². The van der Waals surface area contributed by atoms with Crippen molar-refractivity contribution in [2.24, 2.45) is 0 Å². The summed E-state index contributed by atoms with van der Waals surface area (Å²) in [6.07, 6.45) is 5.39. The standard InChI is InChI=1S/C54H56N2O8/c1-61-51(57)35-19-41-11-27-47(28-12-41)55(48-29-13-42(14-30-48)20-36-52(58)62-2)45-23-7-39(8-24-45)5-6-40-9-25-46(26-10-40)56(49-31-15-43(16-32-49)21-37-53(59)63-3)50-33-17-44(18-34-50)22-38-54(60)64-4/h7-18,23-34H,5-6,19-22,35-38H2,1-4H3. The number of benzene rings is 6. The smallest absolute Gasteiger partial charge is 0.305 e. The van der Waals surface area contributed by atoms with Gasteiger partial charge in [-0.3, -0.25) is 19.2 Å². The van der Waals surface area contributed by atoms with Gasteiger partial charge in [-0.15, -0.1) is 0 Å². The van der Waals surface area contributed by atoms with Crippen molar-refractivity contribution < 1.29 is 38.1 Å². The van der Waals surface area contributed by atoms with Crippen molar-refractivity contribution in [2.45, 2.75) is 64.2 Å². The molecular formula is C54H56N2O8. The van der Waals surface area contributed by atoms with Crippen LogP contribution in [0, 0.1) is 0 Å². The Morgan fingerprint density at radius 3 is 0.594 bits per heavy atom. The third kappa shape index (κ3) is 13.2. The minimum absolute atomic E-state index is 0.233. The molecule has 6 rings (SSSR count). The number of anilines is 6. The molecule has 64 heavy (non-hydrogen) atoms. The van der Waals surface area contributed by atoms with Crippen LogP contribution in [0.1, 0.15) is 59.1 Å². The zero-order chi connectivity index (χ0) is 45.3. The van der Waals surface area contributed by atoms with Gasteiger partial charge in [-0.25, -0.2) is 0 Å². The van der Waals surface area contributed by atoms with Gasteiger partial charge in [-0.05, 0) is 145 Å². The quantitative estimate of drug-likeness (QED) is 0.0512. The Balaban J connectivity index is 1.18. The first-order valence-corrected chi connectivity index (χ1v) is 21.6. The first-order valence-electron chi connectivity index (χ1n) is 21.6. The summed E-state index contributed by atoms with van der Waals surface area (Å²) in [6.45, 7) is 0. The van der Waals surface area contributed by atoms with Crippen LogP contribution in [0.2, 0.25) is 0 Å². The van der Waals surface area contributed by atoms with Gasteiger partial charge in [0.05, 0.1) is 28.4 Å². The Kier molecular flexibility index (Phi) is 16.9. The molecule has 0 saturated carbocycles. The predicted octanol–water partition coefficient (Wildman–Crippen LogP) is 10.8. The third-order valence-electron chi connectivity index (χ3n) is 11.3. The fourth-order valence-electron chi connectivity index (χ4n) is 7.45. The topological polar surface area (TPSA) is 112 Å². The molecule has 0 aliphatic rings. The van der Waals surface area contributed by atoms with Crippen LogP contribution in [-0.4, -0.2) is 52.3 Å². The van der Waals surface area contributed by atoms with Crippen LogP contribution in [-0.2, 0) is 76.7 Å². The fraction of sp³-hybridized carbons (Fsp3) is 0.259. The summed E-state index contributed by atoms with van der Waals surface area (Å²) in [7, 11) is 5.62. The highest BCUT2D eigenvalue weighted by Gasteiger charge is 2.16. The van der Waals surface area contributed by atoms with Gasteiger partial charge in [-0.2, -0.15) is 0 Å². The van der Waals surface area contributed by atoms with Gasteiger partial charge in [0.25, 0.3) is 0 Å². The lowest BCUT2D eigenvalue weighted by Gasteiger charge is -2.26. The molecule has 0 spiro atoms. The van der Waals surface area contributed by atoms with E-state index in [1.165, 1.54) is 39.6 Å². The molecule has 0 radical (unpaired) electrons. The van der Waals surface area contributed by atoms with Gasteiger partial charge in [0.1, 0.15) is 0 Å². The van der Waals surface area contributed by atoms with E-state index in [1.807, 2.05) is 48.5 Å². The lowest BCUT2D eigenvalue weighted by Crippen LogP contribution is -2.11. The maximum atomic E-state index is 11.8. The number of carbonyl (C=O) groups excluding carboxylic acids is 4. The molecule has 0 aliphatic carbocycles. The summed E-state index contributed by atoms with van der Waals surface area (Å²) >= 11 is 0. The average Bonchev–Trinajstić information content (AvgIpc) is 3.35. The number of esters is 4. The number of hydrogen-bond donors (Lipinski definition) is 0. The second-order valence-corrected chi connectivity index (χ2v) is 15.5. The van der Waals surface area contributed by atoms with E-state index >= 15 is 0 Å². The van der Waals surface area contributed by atoms with Crippen LogP contribution < -0.4 is 9.80 Å². The number of nitrogens with zero attached hydrogens (tertiary/aromatic N) is 2. The first kappa shape index (κ1) is 46.3. The second-order valence-electron chi connectivity index (χ2n) is 15.5. The van der Waals surface area contributed by atoms with E-state index in [0.717, 1.165) is 69.2 Å². The number of rotatable bonds is 21. The van der Waals surface area contributed by atoms with E-state index in [-0.39, 0.29) is 23.9 Å². The summed E-state index contributed by atoms with van der Waals surface area (Å²) in [5, 5.41) is 0. The van der Waals surface area contributed by atoms with Crippen molar-refractivity contribution in [1.29, 1.82) is 0 Å². The molecular weight excluding hydrogens is 805 g/mol. The summed E-state index contributed by atoms with van der Waals surface area (Å²) in [5.74, 6) is -0.932. The molecule has 0 bridgehead atoms. The van der Waals surface area contributed by atoms with E-state index in [2.05, 4.69) is 107 Å². The maximum absolute atomic E-state index is 11.8.